The lowest BCUT2D eigenvalue weighted by Gasteiger charge is -2.35. The van der Waals surface area contributed by atoms with Crippen LogP contribution in [0.5, 0.6) is 5.75 Å². The van der Waals surface area contributed by atoms with Crippen LogP contribution >= 0.6 is 0 Å². The number of nitrogens with one attached hydrogen (secondary N) is 1. The van der Waals surface area contributed by atoms with Gasteiger partial charge in [-0.05, 0) is 35.8 Å². The van der Waals surface area contributed by atoms with Crippen LogP contribution in [-0.4, -0.2) is 24.8 Å². The number of rotatable bonds is 6. The van der Waals surface area contributed by atoms with E-state index < -0.39 is 0 Å². The van der Waals surface area contributed by atoms with E-state index >= 15 is 0 Å². The van der Waals surface area contributed by atoms with Gasteiger partial charge in [-0.25, -0.2) is 0 Å². The molecule has 2 aromatic carbocycles. The quantitative estimate of drug-likeness (QED) is 0.677. The number of unbranched alkanes of at least 4 members (excludes halogenated alkanes) is 1. The Hall–Kier alpha value is -3.74. The van der Waals surface area contributed by atoms with Crippen molar-refractivity contribution in [1.82, 2.24) is 0 Å². The van der Waals surface area contributed by atoms with Crippen LogP contribution in [0.25, 0.3) is 5.57 Å². The van der Waals surface area contributed by atoms with Gasteiger partial charge in [-0.2, -0.15) is 10.5 Å². The van der Waals surface area contributed by atoms with E-state index in [0.29, 0.717) is 23.6 Å². The molecule has 0 saturated heterocycles. The number of anilines is 2. The van der Waals surface area contributed by atoms with Crippen LogP contribution in [0.4, 0.5) is 11.4 Å². The Morgan fingerprint density at radius 3 is 2.71 bits per heavy atom. The first-order valence-electron chi connectivity index (χ1n) is 10.5. The third-order valence-electron chi connectivity index (χ3n) is 5.64. The summed E-state index contributed by atoms with van der Waals surface area (Å²) in [4.78, 5) is 2.15. The van der Waals surface area contributed by atoms with E-state index in [9.17, 15) is 15.6 Å². The molecule has 0 fully saturated rings. The van der Waals surface area contributed by atoms with Gasteiger partial charge >= 0.3 is 0 Å². The van der Waals surface area contributed by atoms with Gasteiger partial charge in [-0.3, -0.25) is 0 Å². The Bertz CT molecular complexity index is 1120. The SMILES string of the molecule is CCCCN(CCO)c1ccc2c(c1)OC1=CC(=C(C#N)C#N)c3ccccc3C1N2. The number of nitriles is 2. The molecule has 2 aliphatic rings. The van der Waals surface area contributed by atoms with Crippen molar-refractivity contribution in [3.8, 4) is 17.9 Å². The minimum absolute atomic E-state index is 0.0650. The summed E-state index contributed by atoms with van der Waals surface area (Å²) < 4.78 is 6.29. The Morgan fingerprint density at radius 1 is 1.16 bits per heavy atom. The van der Waals surface area contributed by atoms with Gasteiger partial charge < -0.3 is 20.1 Å². The molecule has 1 aliphatic carbocycles. The zero-order valence-electron chi connectivity index (χ0n) is 17.4. The van der Waals surface area contributed by atoms with Crippen molar-refractivity contribution >= 4 is 16.9 Å². The third-order valence-corrected chi connectivity index (χ3v) is 5.64. The lowest BCUT2D eigenvalue weighted by Crippen LogP contribution is -2.29. The number of aliphatic hydroxyl groups excluding tert-OH is 1. The maximum absolute atomic E-state index is 9.46. The predicted molar refractivity (Wildman–Crippen MR) is 120 cm³/mol. The summed E-state index contributed by atoms with van der Waals surface area (Å²) in [5.74, 6) is 1.34. The number of aliphatic hydroxyl groups is 1. The van der Waals surface area contributed by atoms with Crippen LogP contribution in [0.3, 0.4) is 0 Å². The van der Waals surface area contributed by atoms with E-state index in [1.807, 2.05) is 54.6 Å². The van der Waals surface area contributed by atoms with Crippen LogP contribution in [0.15, 0.2) is 59.9 Å². The first-order chi connectivity index (χ1) is 15.2. The van der Waals surface area contributed by atoms with Gasteiger partial charge in [-0.1, -0.05) is 37.6 Å². The fraction of sp³-hybridized carbons (Fsp3) is 0.280. The van der Waals surface area contributed by atoms with Gasteiger partial charge in [0.25, 0.3) is 0 Å². The molecule has 1 unspecified atom stereocenters. The molecule has 156 valence electrons. The number of fused-ring (bicyclic) bond motifs is 4. The van der Waals surface area contributed by atoms with Gasteiger partial charge in [0.05, 0.1) is 12.3 Å². The largest absolute Gasteiger partial charge is 0.457 e. The summed E-state index contributed by atoms with van der Waals surface area (Å²) in [5.41, 5.74) is 4.35. The summed E-state index contributed by atoms with van der Waals surface area (Å²) in [5, 5.41) is 31.9. The second-order valence-corrected chi connectivity index (χ2v) is 7.57. The molecular weight excluding hydrogens is 388 g/mol. The number of hydrogen-bond acceptors (Lipinski definition) is 6. The highest BCUT2D eigenvalue weighted by atomic mass is 16.5. The van der Waals surface area contributed by atoms with Gasteiger partial charge in [-0.15, -0.1) is 0 Å². The number of benzene rings is 2. The predicted octanol–water partition coefficient (Wildman–Crippen LogP) is 4.53. The van der Waals surface area contributed by atoms with Crippen molar-refractivity contribution in [3.05, 3.63) is 71.0 Å². The van der Waals surface area contributed by atoms with Crippen molar-refractivity contribution in [2.45, 2.75) is 25.8 Å². The second-order valence-electron chi connectivity index (χ2n) is 7.57. The minimum Gasteiger partial charge on any atom is -0.457 e. The molecule has 31 heavy (non-hydrogen) atoms. The number of ether oxygens (including phenoxy) is 1. The van der Waals surface area contributed by atoms with Gasteiger partial charge in [0.15, 0.2) is 5.75 Å². The highest BCUT2D eigenvalue weighted by Gasteiger charge is 2.33. The molecule has 0 amide bonds. The zero-order chi connectivity index (χ0) is 21.8. The summed E-state index contributed by atoms with van der Waals surface area (Å²) >= 11 is 0. The van der Waals surface area contributed by atoms with Crippen molar-refractivity contribution in [2.75, 3.05) is 29.9 Å². The average Bonchev–Trinajstić information content (AvgIpc) is 2.81. The normalized spacial score (nSPS) is 15.7. The number of nitrogens with zero attached hydrogens (tertiary/aromatic N) is 3. The molecule has 4 rings (SSSR count). The highest BCUT2D eigenvalue weighted by molar-refractivity contribution is 5.87. The lowest BCUT2D eigenvalue weighted by atomic mass is 9.85. The van der Waals surface area contributed by atoms with E-state index in [-0.39, 0.29) is 18.2 Å². The standard InChI is InChI=1S/C25H24N4O2/c1-2-3-10-29(11-12-30)18-8-9-22-23(13-18)31-24-14-21(17(15-26)16-27)19-6-4-5-7-20(19)25(24)28-22/h4-9,13-14,25,28,30H,2-3,10-12H2,1H3. The third kappa shape index (κ3) is 3.86. The Kier molecular flexibility index (Phi) is 5.93. The molecule has 0 radical (unpaired) electrons. The van der Waals surface area contributed by atoms with Gasteiger partial charge in [0, 0.05) is 30.4 Å². The van der Waals surface area contributed by atoms with E-state index in [4.69, 9.17) is 4.74 Å². The van der Waals surface area contributed by atoms with E-state index in [2.05, 4.69) is 17.1 Å². The van der Waals surface area contributed by atoms with Gasteiger partial charge in [0.1, 0.15) is 29.5 Å². The summed E-state index contributed by atoms with van der Waals surface area (Å²) in [6.07, 6.45) is 3.91. The highest BCUT2D eigenvalue weighted by Crippen LogP contribution is 2.46. The van der Waals surface area contributed by atoms with Gasteiger partial charge in [0.2, 0.25) is 0 Å². The Balaban J connectivity index is 1.75. The molecule has 1 heterocycles. The molecule has 2 N–H and O–H groups in total. The monoisotopic (exact) mass is 412 g/mol. The number of hydrogen-bond donors (Lipinski definition) is 2. The minimum atomic E-state index is -0.189. The van der Waals surface area contributed by atoms with E-state index in [1.54, 1.807) is 6.08 Å². The molecule has 1 aliphatic heterocycles. The van der Waals surface area contributed by atoms with Crippen LogP contribution in [0, 0.1) is 22.7 Å². The maximum atomic E-state index is 9.46. The smallest absolute Gasteiger partial charge is 0.152 e. The molecule has 6 heteroatoms. The molecule has 1 atom stereocenters. The lowest BCUT2D eigenvalue weighted by molar-refractivity contribution is 0.301. The van der Waals surface area contributed by atoms with Crippen molar-refractivity contribution in [3.63, 3.8) is 0 Å². The van der Waals surface area contributed by atoms with Crippen molar-refractivity contribution in [1.29, 1.82) is 10.5 Å². The second kappa shape index (κ2) is 8.95. The Labute approximate surface area is 182 Å². The topological polar surface area (TPSA) is 92.3 Å². The first-order valence-corrected chi connectivity index (χ1v) is 10.5. The molecular formula is C25H24N4O2. The van der Waals surface area contributed by atoms with E-state index in [1.165, 1.54) is 0 Å². The van der Waals surface area contributed by atoms with Crippen LogP contribution in [-0.2, 0) is 0 Å². The van der Waals surface area contributed by atoms with Crippen molar-refractivity contribution in [2.24, 2.45) is 0 Å². The molecule has 2 aromatic rings. The molecule has 0 aromatic heterocycles. The van der Waals surface area contributed by atoms with Crippen LogP contribution < -0.4 is 15.0 Å². The summed E-state index contributed by atoms with van der Waals surface area (Å²) in [6, 6.07) is 17.6. The number of allylic oxidation sites excluding steroid dienone is 3. The zero-order valence-corrected chi connectivity index (χ0v) is 17.4. The Morgan fingerprint density at radius 2 is 1.97 bits per heavy atom. The van der Waals surface area contributed by atoms with Crippen LogP contribution in [0.2, 0.25) is 0 Å². The molecule has 6 nitrogen and oxygen atoms in total. The average molecular weight is 412 g/mol. The first kappa shape index (κ1) is 20.5. The van der Waals surface area contributed by atoms with Crippen molar-refractivity contribution < 1.29 is 9.84 Å². The molecule has 0 saturated carbocycles. The summed E-state index contributed by atoms with van der Waals surface area (Å²) in [6.45, 7) is 3.66. The fourth-order valence-electron chi connectivity index (χ4n) is 4.07. The summed E-state index contributed by atoms with van der Waals surface area (Å²) in [7, 11) is 0. The molecule has 0 spiro atoms. The van der Waals surface area contributed by atoms with Crippen LogP contribution in [0.1, 0.15) is 36.9 Å². The molecule has 0 bridgehead atoms. The van der Waals surface area contributed by atoms with E-state index in [0.717, 1.165) is 41.9 Å². The fourth-order valence-corrected chi connectivity index (χ4v) is 4.07. The maximum Gasteiger partial charge on any atom is 0.152 e.